The van der Waals surface area contributed by atoms with Crippen molar-refractivity contribution in [3.63, 3.8) is 0 Å². The Balaban J connectivity index is 1.97. The van der Waals surface area contributed by atoms with Gasteiger partial charge < -0.3 is 10.1 Å². The summed E-state index contributed by atoms with van der Waals surface area (Å²) < 4.78 is 41.9. The highest BCUT2D eigenvalue weighted by Crippen LogP contribution is 2.24. The Labute approximate surface area is 124 Å². The highest BCUT2D eigenvalue weighted by atomic mass is 32.2. The summed E-state index contributed by atoms with van der Waals surface area (Å²) in [6, 6.07) is 2.87. The molecule has 2 atom stereocenters. The molecule has 0 bridgehead atoms. The second-order valence-electron chi connectivity index (χ2n) is 5.48. The van der Waals surface area contributed by atoms with Crippen molar-refractivity contribution >= 4 is 9.84 Å². The molecule has 0 aromatic carbocycles. The Morgan fingerprint density at radius 3 is 2.86 bits per heavy atom. The van der Waals surface area contributed by atoms with Crippen molar-refractivity contribution in [3.05, 3.63) is 23.6 Å². The lowest BCUT2D eigenvalue weighted by Gasteiger charge is -2.28. The van der Waals surface area contributed by atoms with Crippen LogP contribution in [0.3, 0.4) is 0 Å². The monoisotopic (exact) mass is 316 g/mol. The standard InChI is InChI=1S/C14H21FN2O3S/c1-20-14-7-6-12(15)13(17-14)9-16-10-4-3-5-11(8-10)21(2,18)19/h6-7,10-11,16H,3-5,8-9H2,1-2H3. The fourth-order valence-corrected chi connectivity index (χ4v) is 3.84. The fourth-order valence-electron chi connectivity index (χ4n) is 2.66. The van der Waals surface area contributed by atoms with E-state index in [1.54, 1.807) is 0 Å². The van der Waals surface area contributed by atoms with Crippen molar-refractivity contribution in [2.45, 2.75) is 43.5 Å². The topological polar surface area (TPSA) is 68.3 Å². The van der Waals surface area contributed by atoms with Crippen molar-refractivity contribution in [2.24, 2.45) is 0 Å². The molecule has 1 N–H and O–H groups in total. The van der Waals surface area contributed by atoms with E-state index < -0.39 is 15.7 Å². The number of pyridine rings is 1. The van der Waals surface area contributed by atoms with E-state index in [1.165, 1.54) is 25.5 Å². The Morgan fingerprint density at radius 2 is 2.19 bits per heavy atom. The number of aromatic nitrogens is 1. The van der Waals surface area contributed by atoms with Gasteiger partial charge >= 0.3 is 0 Å². The first kappa shape index (κ1) is 16.2. The van der Waals surface area contributed by atoms with Gasteiger partial charge in [-0.15, -0.1) is 0 Å². The lowest BCUT2D eigenvalue weighted by atomic mass is 9.95. The van der Waals surface area contributed by atoms with Crippen LogP contribution >= 0.6 is 0 Å². The van der Waals surface area contributed by atoms with Gasteiger partial charge in [0.15, 0.2) is 0 Å². The number of hydrogen-bond donors (Lipinski definition) is 1. The lowest BCUT2D eigenvalue weighted by Crippen LogP contribution is -2.38. The molecular formula is C14H21FN2O3S. The third-order valence-electron chi connectivity index (χ3n) is 3.89. The number of nitrogens with one attached hydrogen (secondary N) is 1. The molecule has 0 aliphatic heterocycles. The van der Waals surface area contributed by atoms with E-state index in [0.29, 0.717) is 18.7 Å². The van der Waals surface area contributed by atoms with Crippen LogP contribution in [-0.4, -0.2) is 38.1 Å². The zero-order valence-corrected chi connectivity index (χ0v) is 13.1. The lowest BCUT2D eigenvalue weighted by molar-refractivity contribution is 0.362. The maximum absolute atomic E-state index is 13.7. The summed E-state index contributed by atoms with van der Waals surface area (Å²) in [5.74, 6) is -0.0235. The third-order valence-corrected chi connectivity index (χ3v) is 5.53. The van der Waals surface area contributed by atoms with Gasteiger partial charge in [0.05, 0.1) is 18.1 Å². The van der Waals surface area contributed by atoms with Crippen molar-refractivity contribution < 1.29 is 17.5 Å². The zero-order valence-electron chi connectivity index (χ0n) is 12.3. The van der Waals surface area contributed by atoms with Crippen molar-refractivity contribution in [3.8, 4) is 5.88 Å². The fraction of sp³-hybridized carbons (Fsp3) is 0.643. The minimum absolute atomic E-state index is 0.0749. The second-order valence-corrected chi connectivity index (χ2v) is 7.80. The second kappa shape index (κ2) is 6.70. The summed E-state index contributed by atoms with van der Waals surface area (Å²) in [6.07, 6.45) is 4.33. The van der Waals surface area contributed by atoms with E-state index >= 15 is 0 Å². The molecule has 1 aliphatic carbocycles. The quantitative estimate of drug-likeness (QED) is 0.895. The largest absolute Gasteiger partial charge is 0.481 e. The van der Waals surface area contributed by atoms with E-state index in [9.17, 15) is 12.8 Å². The zero-order chi connectivity index (χ0) is 15.5. The molecule has 0 saturated heterocycles. The summed E-state index contributed by atoms with van der Waals surface area (Å²) in [6.45, 7) is 0.268. The van der Waals surface area contributed by atoms with Gasteiger partial charge in [-0.1, -0.05) is 6.42 Å². The first-order chi connectivity index (χ1) is 9.90. The molecule has 118 valence electrons. The summed E-state index contributed by atoms with van der Waals surface area (Å²) in [5.41, 5.74) is 0.288. The van der Waals surface area contributed by atoms with Crippen LogP contribution in [0.15, 0.2) is 12.1 Å². The number of rotatable bonds is 5. The van der Waals surface area contributed by atoms with Gasteiger partial charge in [0.25, 0.3) is 0 Å². The van der Waals surface area contributed by atoms with Crippen molar-refractivity contribution in [1.82, 2.24) is 10.3 Å². The molecule has 21 heavy (non-hydrogen) atoms. The Hall–Kier alpha value is -1.21. The Morgan fingerprint density at radius 1 is 1.43 bits per heavy atom. The van der Waals surface area contributed by atoms with Crippen LogP contribution in [-0.2, 0) is 16.4 Å². The van der Waals surface area contributed by atoms with Gasteiger partial charge in [-0.25, -0.2) is 17.8 Å². The highest BCUT2D eigenvalue weighted by molar-refractivity contribution is 7.91. The van der Waals surface area contributed by atoms with Crippen molar-refractivity contribution in [1.29, 1.82) is 0 Å². The van der Waals surface area contributed by atoms with Gasteiger partial charge in [0.2, 0.25) is 5.88 Å². The molecule has 7 heteroatoms. The third kappa shape index (κ3) is 4.38. The predicted molar refractivity (Wildman–Crippen MR) is 78.5 cm³/mol. The first-order valence-corrected chi connectivity index (χ1v) is 8.97. The molecule has 1 aromatic heterocycles. The molecule has 2 rings (SSSR count). The molecule has 1 aliphatic rings. The van der Waals surface area contributed by atoms with Crippen LogP contribution in [0.5, 0.6) is 5.88 Å². The maximum Gasteiger partial charge on any atom is 0.213 e. The van der Waals surface area contributed by atoms with Gasteiger partial charge in [-0.05, 0) is 25.3 Å². The first-order valence-electron chi connectivity index (χ1n) is 7.02. The van der Waals surface area contributed by atoms with E-state index in [1.807, 2.05) is 0 Å². The molecule has 1 saturated carbocycles. The van der Waals surface area contributed by atoms with Crippen molar-refractivity contribution in [2.75, 3.05) is 13.4 Å². The number of nitrogens with zero attached hydrogens (tertiary/aromatic N) is 1. The number of hydrogen-bond acceptors (Lipinski definition) is 5. The molecular weight excluding hydrogens is 295 g/mol. The highest BCUT2D eigenvalue weighted by Gasteiger charge is 2.28. The van der Waals surface area contributed by atoms with Crippen LogP contribution < -0.4 is 10.1 Å². The number of halogens is 1. The van der Waals surface area contributed by atoms with E-state index in [0.717, 1.165) is 12.8 Å². The molecule has 0 spiro atoms. The normalized spacial score (nSPS) is 23.0. The molecule has 1 fully saturated rings. The smallest absolute Gasteiger partial charge is 0.213 e. The average Bonchev–Trinajstić information content (AvgIpc) is 2.46. The predicted octanol–water partition coefficient (Wildman–Crippen LogP) is 1.67. The molecule has 1 aromatic rings. The molecule has 0 radical (unpaired) electrons. The minimum Gasteiger partial charge on any atom is -0.481 e. The number of methoxy groups -OCH3 is 1. The molecule has 0 amide bonds. The number of ether oxygens (including phenoxy) is 1. The molecule has 1 heterocycles. The SMILES string of the molecule is COc1ccc(F)c(CNC2CCCC(S(C)(=O)=O)C2)n1. The van der Waals surface area contributed by atoms with Crippen LogP contribution in [0.1, 0.15) is 31.4 Å². The van der Waals surface area contributed by atoms with Crippen LogP contribution in [0.25, 0.3) is 0 Å². The Bertz CT molecular complexity index is 592. The summed E-state index contributed by atoms with van der Waals surface area (Å²) >= 11 is 0. The summed E-state index contributed by atoms with van der Waals surface area (Å²) in [7, 11) is -1.53. The van der Waals surface area contributed by atoms with E-state index in [-0.39, 0.29) is 23.5 Å². The van der Waals surface area contributed by atoms with E-state index in [2.05, 4.69) is 10.3 Å². The van der Waals surface area contributed by atoms with Gasteiger partial charge in [0, 0.05) is 24.9 Å². The van der Waals surface area contributed by atoms with Gasteiger partial charge in [0.1, 0.15) is 15.7 Å². The molecule has 5 nitrogen and oxygen atoms in total. The van der Waals surface area contributed by atoms with E-state index in [4.69, 9.17) is 4.74 Å². The number of sulfone groups is 1. The van der Waals surface area contributed by atoms with Gasteiger partial charge in [-0.3, -0.25) is 0 Å². The maximum atomic E-state index is 13.7. The minimum atomic E-state index is -3.01. The molecule has 2 unspecified atom stereocenters. The summed E-state index contributed by atoms with van der Waals surface area (Å²) in [4.78, 5) is 4.06. The Kier molecular flexibility index (Phi) is 5.16. The van der Waals surface area contributed by atoms with Crippen LogP contribution in [0, 0.1) is 5.82 Å². The summed E-state index contributed by atoms with van der Waals surface area (Å²) in [5, 5.41) is 2.91. The van der Waals surface area contributed by atoms with Gasteiger partial charge in [-0.2, -0.15) is 0 Å². The van der Waals surface area contributed by atoms with Crippen LogP contribution in [0.2, 0.25) is 0 Å². The average molecular weight is 316 g/mol. The van der Waals surface area contributed by atoms with Crippen LogP contribution in [0.4, 0.5) is 4.39 Å².